The molecule has 0 radical (unpaired) electrons. The molecule has 0 aliphatic carbocycles. The normalized spacial score (nSPS) is 10.9. The average Bonchev–Trinajstić information content (AvgIpc) is 3.16. The van der Waals surface area contributed by atoms with E-state index in [1.54, 1.807) is 30.3 Å². The maximum Gasteiger partial charge on any atom is 0.331 e. The highest BCUT2D eigenvalue weighted by molar-refractivity contribution is 6.30. The minimum Gasteiger partial charge on any atom is -0.494 e. The van der Waals surface area contributed by atoms with Crippen molar-refractivity contribution in [3.8, 4) is 17.2 Å². The van der Waals surface area contributed by atoms with E-state index < -0.39 is 5.97 Å². The SMILES string of the molecule is CCOc1ccc(C=CC(=O)OCc2nnc(-c3ccc(Cl)cc3)o2)cc1. The number of carbonyl (C=O) groups is 1. The molecule has 3 aromatic rings. The minimum absolute atomic E-state index is 0.104. The van der Waals surface area contributed by atoms with Gasteiger partial charge in [0.1, 0.15) is 5.75 Å². The number of aromatic nitrogens is 2. The van der Waals surface area contributed by atoms with E-state index in [0.717, 1.165) is 16.9 Å². The zero-order chi connectivity index (χ0) is 19.1. The first kappa shape index (κ1) is 18.7. The number of benzene rings is 2. The highest BCUT2D eigenvalue weighted by atomic mass is 35.5. The largest absolute Gasteiger partial charge is 0.494 e. The third-order valence-electron chi connectivity index (χ3n) is 3.50. The van der Waals surface area contributed by atoms with Gasteiger partial charge < -0.3 is 13.9 Å². The van der Waals surface area contributed by atoms with Crippen LogP contribution in [-0.2, 0) is 16.1 Å². The Labute approximate surface area is 161 Å². The predicted molar refractivity (Wildman–Crippen MR) is 101 cm³/mol. The predicted octanol–water partition coefficient (Wildman–Crippen LogP) is 4.55. The number of halogens is 1. The zero-order valence-electron chi connectivity index (χ0n) is 14.6. The molecule has 138 valence electrons. The molecule has 3 rings (SSSR count). The number of carbonyl (C=O) groups excluding carboxylic acids is 1. The quantitative estimate of drug-likeness (QED) is 0.439. The lowest BCUT2D eigenvalue weighted by Crippen LogP contribution is -2.00. The van der Waals surface area contributed by atoms with Crippen molar-refractivity contribution in [2.24, 2.45) is 0 Å². The van der Waals surface area contributed by atoms with Crippen molar-refractivity contribution in [2.45, 2.75) is 13.5 Å². The standard InChI is InChI=1S/C20H17ClN2O4/c1-2-25-17-10-3-14(4-11-17)5-12-19(24)26-13-18-22-23-20(27-18)15-6-8-16(21)9-7-15/h3-12H,2,13H2,1H3. The van der Waals surface area contributed by atoms with E-state index in [4.69, 9.17) is 25.5 Å². The summed E-state index contributed by atoms with van der Waals surface area (Å²) in [6, 6.07) is 14.4. The van der Waals surface area contributed by atoms with E-state index in [9.17, 15) is 4.79 Å². The van der Waals surface area contributed by atoms with Crippen LogP contribution in [-0.4, -0.2) is 22.8 Å². The van der Waals surface area contributed by atoms with Gasteiger partial charge in [0.05, 0.1) is 6.61 Å². The van der Waals surface area contributed by atoms with Gasteiger partial charge in [-0.25, -0.2) is 4.79 Å². The first-order chi connectivity index (χ1) is 13.1. The Balaban J connectivity index is 1.52. The van der Waals surface area contributed by atoms with Crippen LogP contribution < -0.4 is 4.74 Å². The van der Waals surface area contributed by atoms with Crippen LogP contribution in [0.15, 0.2) is 59.0 Å². The Morgan fingerprint density at radius 1 is 1.11 bits per heavy atom. The highest BCUT2D eigenvalue weighted by Gasteiger charge is 2.10. The summed E-state index contributed by atoms with van der Waals surface area (Å²) in [6.45, 7) is 2.43. The van der Waals surface area contributed by atoms with Crippen molar-refractivity contribution < 1.29 is 18.7 Å². The summed E-state index contributed by atoms with van der Waals surface area (Å²) in [5.41, 5.74) is 1.60. The lowest BCUT2D eigenvalue weighted by atomic mass is 10.2. The van der Waals surface area contributed by atoms with Gasteiger partial charge in [-0.05, 0) is 55.0 Å². The van der Waals surface area contributed by atoms with Gasteiger partial charge >= 0.3 is 5.97 Å². The summed E-state index contributed by atoms with van der Waals surface area (Å²) in [6.07, 6.45) is 3.00. The second kappa shape index (κ2) is 9.00. The molecule has 0 atom stereocenters. The van der Waals surface area contributed by atoms with E-state index >= 15 is 0 Å². The Hall–Kier alpha value is -3.12. The molecule has 0 saturated carbocycles. The molecule has 7 heteroatoms. The molecular formula is C20H17ClN2O4. The molecule has 27 heavy (non-hydrogen) atoms. The van der Waals surface area contributed by atoms with Crippen LogP contribution in [0.3, 0.4) is 0 Å². The molecule has 0 amide bonds. The van der Waals surface area contributed by atoms with E-state index in [2.05, 4.69) is 10.2 Å². The van der Waals surface area contributed by atoms with Crippen molar-refractivity contribution in [3.05, 3.63) is 71.1 Å². The van der Waals surface area contributed by atoms with Crippen molar-refractivity contribution in [3.63, 3.8) is 0 Å². The average molecular weight is 385 g/mol. The molecule has 0 aliphatic heterocycles. The molecule has 2 aromatic carbocycles. The number of ether oxygens (including phenoxy) is 2. The molecule has 1 aromatic heterocycles. The van der Waals surface area contributed by atoms with Crippen LogP contribution in [0.2, 0.25) is 5.02 Å². The fourth-order valence-corrected chi connectivity index (χ4v) is 2.33. The molecule has 0 bridgehead atoms. The van der Waals surface area contributed by atoms with Crippen LogP contribution in [0.5, 0.6) is 5.75 Å². The van der Waals surface area contributed by atoms with Crippen LogP contribution in [0.25, 0.3) is 17.5 Å². The monoisotopic (exact) mass is 384 g/mol. The lowest BCUT2D eigenvalue weighted by molar-refractivity contribution is -0.139. The lowest BCUT2D eigenvalue weighted by Gasteiger charge is -2.02. The molecule has 0 N–H and O–H groups in total. The molecule has 1 heterocycles. The number of nitrogens with zero attached hydrogens (tertiary/aromatic N) is 2. The first-order valence-electron chi connectivity index (χ1n) is 8.30. The van der Waals surface area contributed by atoms with Gasteiger partial charge in [0.15, 0.2) is 6.61 Å². The number of hydrogen-bond acceptors (Lipinski definition) is 6. The third kappa shape index (κ3) is 5.43. The highest BCUT2D eigenvalue weighted by Crippen LogP contribution is 2.20. The van der Waals surface area contributed by atoms with Gasteiger partial charge in [-0.2, -0.15) is 0 Å². The summed E-state index contributed by atoms with van der Waals surface area (Å²) >= 11 is 5.85. The number of rotatable bonds is 7. The van der Waals surface area contributed by atoms with Gasteiger partial charge in [0, 0.05) is 16.7 Å². The molecule has 0 saturated heterocycles. The van der Waals surface area contributed by atoms with Gasteiger partial charge in [-0.15, -0.1) is 10.2 Å². The fourth-order valence-electron chi connectivity index (χ4n) is 2.21. The van der Waals surface area contributed by atoms with E-state index in [1.165, 1.54) is 6.08 Å². The van der Waals surface area contributed by atoms with Gasteiger partial charge in [-0.1, -0.05) is 23.7 Å². The summed E-state index contributed by atoms with van der Waals surface area (Å²) in [5.74, 6) is 0.825. The Morgan fingerprint density at radius 2 is 1.85 bits per heavy atom. The molecule has 0 unspecified atom stereocenters. The molecule has 0 fully saturated rings. The smallest absolute Gasteiger partial charge is 0.331 e. The molecule has 0 aliphatic rings. The molecule has 0 spiro atoms. The number of esters is 1. The van der Waals surface area contributed by atoms with E-state index in [1.807, 2.05) is 31.2 Å². The first-order valence-corrected chi connectivity index (χ1v) is 8.68. The fraction of sp³-hybridized carbons (Fsp3) is 0.150. The van der Waals surface area contributed by atoms with Crippen molar-refractivity contribution in [1.82, 2.24) is 10.2 Å². The van der Waals surface area contributed by atoms with Gasteiger partial charge in [-0.3, -0.25) is 0 Å². The van der Waals surface area contributed by atoms with Gasteiger partial charge in [0.25, 0.3) is 5.89 Å². The van der Waals surface area contributed by atoms with Crippen molar-refractivity contribution in [1.29, 1.82) is 0 Å². The van der Waals surface area contributed by atoms with E-state index in [0.29, 0.717) is 17.5 Å². The summed E-state index contributed by atoms with van der Waals surface area (Å²) in [5, 5.41) is 8.41. The molecular weight excluding hydrogens is 368 g/mol. The Bertz CT molecular complexity index is 918. The van der Waals surface area contributed by atoms with Gasteiger partial charge in [0.2, 0.25) is 5.89 Å². The van der Waals surface area contributed by atoms with Crippen molar-refractivity contribution in [2.75, 3.05) is 6.61 Å². The third-order valence-corrected chi connectivity index (χ3v) is 3.75. The Kier molecular flexibility index (Phi) is 6.22. The van der Waals surface area contributed by atoms with Crippen LogP contribution in [0, 0.1) is 0 Å². The van der Waals surface area contributed by atoms with E-state index in [-0.39, 0.29) is 12.5 Å². The van der Waals surface area contributed by atoms with Crippen LogP contribution in [0.1, 0.15) is 18.4 Å². The zero-order valence-corrected chi connectivity index (χ0v) is 15.3. The summed E-state index contributed by atoms with van der Waals surface area (Å²) < 4.78 is 16.0. The Morgan fingerprint density at radius 3 is 2.56 bits per heavy atom. The maximum atomic E-state index is 11.8. The minimum atomic E-state index is -0.505. The van der Waals surface area contributed by atoms with Crippen LogP contribution >= 0.6 is 11.6 Å². The summed E-state index contributed by atoms with van der Waals surface area (Å²) in [4.78, 5) is 11.8. The molecule has 6 nitrogen and oxygen atoms in total. The number of hydrogen-bond donors (Lipinski definition) is 0. The van der Waals surface area contributed by atoms with Crippen LogP contribution in [0.4, 0.5) is 0 Å². The van der Waals surface area contributed by atoms with Crippen molar-refractivity contribution >= 4 is 23.6 Å². The topological polar surface area (TPSA) is 74.5 Å². The second-order valence-corrected chi connectivity index (χ2v) is 5.89. The maximum absolute atomic E-state index is 11.8. The second-order valence-electron chi connectivity index (χ2n) is 5.45. The summed E-state index contributed by atoms with van der Waals surface area (Å²) in [7, 11) is 0.